The van der Waals surface area contributed by atoms with Crippen molar-refractivity contribution in [3.8, 4) is 16.9 Å². The monoisotopic (exact) mass is 248 g/mol. The molecule has 0 unspecified atom stereocenters. The first kappa shape index (κ1) is 12.0. The summed E-state index contributed by atoms with van der Waals surface area (Å²) < 4.78 is 0. The molecule has 0 saturated carbocycles. The highest BCUT2D eigenvalue weighted by atomic mass is 16.7. The summed E-state index contributed by atoms with van der Waals surface area (Å²) in [5, 5.41) is 22.6. The zero-order valence-electron chi connectivity index (χ0n) is 9.70. The van der Waals surface area contributed by atoms with Gasteiger partial charge in [-0.1, -0.05) is 12.1 Å². The average Bonchev–Trinajstić information content (AvgIpc) is 2.77. The Morgan fingerprint density at radius 3 is 2.94 bits per heavy atom. The smallest absolute Gasteiger partial charge is 0.340 e. The van der Waals surface area contributed by atoms with Gasteiger partial charge in [-0.2, -0.15) is 0 Å². The second-order valence-electron chi connectivity index (χ2n) is 3.55. The van der Waals surface area contributed by atoms with E-state index in [1.165, 1.54) is 17.1 Å². The molecule has 0 bridgehead atoms. The van der Waals surface area contributed by atoms with Crippen molar-refractivity contribution in [2.24, 2.45) is 0 Å². The molecule has 0 aliphatic heterocycles. The Morgan fingerprint density at radius 2 is 2.28 bits per heavy atom. The molecule has 0 aliphatic rings. The van der Waals surface area contributed by atoms with E-state index in [0.717, 1.165) is 0 Å². The Kier molecular flexibility index (Phi) is 3.18. The number of hydrogen-bond donors (Lipinski definition) is 2. The Balaban J connectivity index is 2.49. The van der Waals surface area contributed by atoms with Crippen LogP contribution < -0.4 is 4.84 Å². The van der Waals surface area contributed by atoms with Crippen molar-refractivity contribution >= 4 is 5.97 Å². The number of benzene rings is 1. The van der Waals surface area contributed by atoms with Crippen LogP contribution in [-0.2, 0) is 0 Å². The first-order valence-electron chi connectivity index (χ1n) is 5.37. The normalized spacial score (nSPS) is 10.3. The van der Waals surface area contributed by atoms with Crippen molar-refractivity contribution in [1.29, 1.82) is 0 Å². The summed E-state index contributed by atoms with van der Waals surface area (Å²) in [6.07, 6.45) is 3.04. The fourth-order valence-corrected chi connectivity index (χ4v) is 1.65. The minimum absolute atomic E-state index is 0.145. The minimum Gasteiger partial charge on any atom is -0.507 e. The molecule has 1 aromatic heterocycles. The summed E-state index contributed by atoms with van der Waals surface area (Å²) in [5.74, 6) is -1.46. The number of nitrogens with zero attached hydrogens (tertiary/aromatic N) is 2. The molecule has 6 nitrogen and oxygen atoms in total. The van der Waals surface area contributed by atoms with Crippen molar-refractivity contribution in [3.05, 3.63) is 36.2 Å². The van der Waals surface area contributed by atoms with Crippen LogP contribution in [0, 0.1) is 0 Å². The van der Waals surface area contributed by atoms with Crippen molar-refractivity contribution in [1.82, 2.24) is 9.94 Å². The highest BCUT2D eigenvalue weighted by Gasteiger charge is 2.17. The fraction of sp³-hybridized carbons (Fsp3) is 0.167. The lowest BCUT2D eigenvalue weighted by Gasteiger charge is -2.05. The van der Waals surface area contributed by atoms with Crippen LogP contribution in [0.1, 0.15) is 17.3 Å². The van der Waals surface area contributed by atoms with Gasteiger partial charge in [-0.3, -0.25) is 0 Å². The molecule has 0 fully saturated rings. The van der Waals surface area contributed by atoms with E-state index in [0.29, 0.717) is 17.7 Å². The van der Waals surface area contributed by atoms with E-state index in [-0.39, 0.29) is 11.3 Å². The summed E-state index contributed by atoms with van der Waals surface area (Å²) in [4.78, 5) is 17.5. The predicted octanol–water partition coefficient (Wildman–Crippen LogP) is 1.40. The van der Waals surface area contributed by atoms with Gasteiger partial charge in [0.05, 0.1) is 12.4 Å². The number of phenols is 1. The number of hydrogen-bond acceptors (Lipinski definition) is 4. The summed E-state index contributed by atoms with van der Waals surface area (Å²) in [7, 11) is 0. The van der Waals surface area contributed by atoms with Crippen molar-refractivity contribution in [3.63, 3.8) is 0 Å². The molecule has 94 valence electrons. The van der Waals surface area contributed by atoms with Crippen LogP contribution in [0.25, 0.3) is 11.1 Å². The summed E-state index contributed by atoms with van der Waals surface area (Å²) in [5.41, 5.74) is 0.818. The highest BCUT2D eigenvalue weighted by molar-refractivity contribution is 5.98. The van der Waals surface area contributed by atoms with E-state index in [9.17, 15) is 9.90 Å². The highest BCUT2D eigenvalue weighted by Crippen LogP contribution is 2.29. The lowest BCUT2D eigenvalue weighted by Crippen LogP contribution is -2.10. The third-order valence-electron chi connectivity index (χ3n) is 2.39. The number of rotatable bonds is 4. The first-order chi connectivity index (χ1) is 8.63. The third-order valence-corrected chi connectivity index (χ3v) is 2.39. The van der Waals surface area contributed by atoms with Crippen LogP contribution in [0.4, 0.5) is 0 Å². The maximum atomic E-state index is 11.1. The zero-order chi connectivity index (χ0) is 13.1. The average molecular weight is 248 g/mol. The molecule has 0 radical (unpaired) electrons. The van der Waals surface area contributed by atoms with Gasteiger partial charge in [0.2, 0.25) is 0 Å². The third kappa shape index (κ3) is 2.13. The topological polar surface area (TPSA) is 84.6 Å². The number of carboxylic acid groups (broad SMARTS) is 1. The minimum atomic E-state index is -1.19. The molecule has 0 amide bonds. The Labute approximate surface area is 103 Å². The molecule has 0 spiro atoms. The Hall–Kier alpha value is -2.50. The maximum Gasteiger partial charge on any atom is 0.340 e. The quantitative estimate of drug-likeness (QED) is 0.854. The van der Waals surface area contributed by atoms with Crippen molar-refractivity contribution in [2.75, 3.05) is 6.61 Å². The molecule has 18 heavy (non-hydrogen) atoms. The molecule has 1 heterocycles. The van der Waals surface area contributed by atoms with Gasteiger partial charge in [0.1, 0.15) is 17.9 Å². The van der Waals surface area contributed by atoms with Gasteiger partial charge in [0, 0.05) is 11.1 Å². The second-order valence-corrected chi connectivity index (χ2v) is 3.55. The largest absolute Gasteiger partial charge is 0.507 e. The second kappa shape index (κ2) is 4.79. The number of aromatic hydroxyl groups is 1. The zero-order valence-corrected chi connectivity index (χ0v) is 9.70. The summed E-state index contributed by atoms with van der Waals surface area (Å²) in [6.45, 7) is 2.27. The predicted molar refractivity (Wildman–Crippen MR) is 63.4 cm³/mol. The van der Waals surface area contributed by atoms with Gasteiger partial charge in [-0.15, -0.1) is 9.94 Å². The van der Waals surface area contributed by atoms with Crippen molar-refractivity contribution < 1.29 is 19.8 Å². The Bertz CT molecular complexity index is 577. The molecule has 2 aromatic rings. The van der Waals surface area contributed by atoms with E-state index in [1.54, 1.807) is 18.3 Å². The molecular formula is C12H12N2O4. The van der Waals surface area contributed by atoms with Gasteiger partial charge in [0.25, 0.3) is 0 Å². The summed E-state index contributed by atoms with van der Waals surface area (Å²) in [6, 6.07) is 4.52. The molecule has 1 aromatic carbocycles. The van der Waals surface area contributed by atoms with Crippen LogP contribution in [0.15, 0.2) is 30.6 Å². The molecule has 2 N–H and O–H groups in total. The van der Waals surface area contributed by atoms with Gasteiger partial charge in [-0.05, 0) is 13.0 Å². The van der Waals surface area contributed by atoms with Gasteiger partial charge < -0.3 is 15.1 Å². The van der Waals surface area contributed by atoms with Crippen LogP contribution in [0.5, 0.6) is 5.75 Å². The molecule has 6 heteroatoms. The van der Waals surface area contributed by atoms with Gasteiger partial charge in [0.15, 0.2) is 0 Å². The number of carbonyl (C=O) groups is 1. The van der Waals surface area contributed by atoms with Crippen LogP contribution in [0.3, 0.4) is 0 Å². The molecule has 0 saturated heterocycles. The summed E-state index contributed by atoms with van der Waals surface area (Å²) >= 11 is 0. The first-order valence-corrected chi connectivity index (χ1v) is 5.37. The molecular weight excluding hydrogens is 236 g/mol. The van der Waals surface area contributed by atoms with E-state index < -0.39 is 5.97 Å². The van der Waals surface area contributed by atoms with Crippen LogP contribution in [0.2, 0.25) is 0 Å². The van der Waals surface area contributed by atoms with Crippen LogP contribution in [-0.4, -0.2) is 32.7 Å². The van der Waals surface area contributed by atoms with Crippen molar-refractivity contribution in [2.45, 2.75) is 6.92 Å². The van der Waals surface area contributed by atoms with E-state index in [2.05, 4.69) is 5.10 Å². The lowest BCUT2D eigenvalue weighted by atomic mass is 10.0. The number of aromatic nitrogens is 2. The molecule has 2 rings (SSSR count). The van der Waals surface area contributed by atoms with E-state index >= 15 is 0 Å². The van der Waals surface area contributed by atoms with E-state index in [4.69, 9.17) is 9.94 Å². The van der Waals surface area contributed by atoms with E-state index in [1.807, 2.05) is 6.92 Å². The van der Waals surface area contributed by atoms with Gasteiger partial charge >= 0.3 is 5.97 Å². The fourth-order valence-electron chi connectivity index (χ4n) is 1.65. The standard InChI is InChI=1S/C12H12N2O4/c1-2-18-14-7-8(6-13-14)9-4-3-5-10(15)11(9)12(16)17/h3-7,15H,2H2,1H3,(H,16,17). The maximum absolute atomic E-state index is 11.1. The van der Waals surface area contributed by atoms with Crippen LogP contribution >= 0.6 is 0 Å². The Morgan fingerprint density at radius 1 is 1.50 bits per heavy atom. The lowest BCUT2D eigenvalue weighted by molar-refractivity contribution is 0.0694. The number of aromatic carboxylic acids is 1. The van der Waals surface area contributed by atoms with Gasteiger partial charge in [-0.25, -0.2) is 4.79 Å². The molecule has 0 aliphatic carbocycles. The number of carboxylic acids is 1. The molecule has 0 atom stereocenters. The SMILES string of the molecule is CCOn1cc(-c2cccc(O)c2C(=O)O)cn1.